The molecular weight excluding hydrogens is 380 g/mol. The smallest absolute Gasteiger partial charge is 0.170 e. The zero-order valence-corrected chi connectivity index (χ0v) is 17.7. The summed E-state index contributed by atoms with van der Waals surface area (Å²) < 4.78 is 12.1. The molecule has 156 valence electrons. The zero-order valence-electron chi connectivity index (χ0n) is 17.7. The van der Waals surface area contributed by atoms with E-state index in [1.165, 1.54) is 6.07 Å². The lowest BCUT2D eigenvalue weighted by Gasteiger charge is -2.31. The molecule has 0 unspecified atom stereocenters. The maximum absolute atomic E-state index is 12.9. The lowest BCUT2D eigenvalue weighted by Crippen LogP contribution is -2.27. The number of ether oxygens (including phenoxy) is 2. The summed E-state index contributed by atoms with van der Waals surface area (Å²) >= 11 is 0. The number of allylic oxidation sites excluding steroid dienone is 2. The topological polar surface area (TPSA) is 76.0 Å². The molecule has 2 aliphatic heterocycles. The molecule has 1 atom stereocenters. The molecule has 0 aromatic heterocycles. The summed E-state index contributed by atoms with van der Waals surface area (Å²) in [5.41, 5.74) is 3.04. The summed E-state index contributed by atoms with van der Waals surface area (Å²) in [6, 6.07) is 6.51. The highest BCUT2D eigenvalue weighted by molar-refractivity contribution is 6.00. The van der Waals surface area contributed by atoms with Crippen LogP contribution in [0.4, 0.5) is 0 Å². The first-order chi connectivity index (χ1) is 14.1. The van der Waals surface area contributed by atoms with Gasteiger partial charge in [-0.25, -0.2) is 0 Å². The minimum Gasteiger partial charge on any atom is -0.508 e. The van der Waals surface area contributed by atoms with Crippen molar-refractivity contribution in [1.29, 1.82) is 0 Å². The Morgan fingerprint density at radius 1 is 1.20 bits per heavy atom. The molecule has 5 heteroatoms. The molecule has 2 N–H and O–H groups in total. The van der Waals surface area contributed by atoms with Crippen LogP contribution in [0.3, 0.4) is 0 Å². The molecule has 0 saturated heterocycles. The van der Waals surface area contributed by atoms with Crippen molar-refractivity contribution in [3.63, 3.8) is 0 Å². The van der Waals surface area contributed by atoms with Gasteiger partial charge in [-0.2, -0.15) is 0 Å². The van der Waals surface area contributed by atoms with E-state index in [4.69, 9.17) is 9.47 Å². The first-order valence-corrected chi connectivity index (χ1v) is 10.1. The Bertz CT molecular complexity index is 1090. The Balaban J connectivity index is 1.74. The van der Waals surface area contributed by atoms with Gasteiger partial charge in [0.25, 0.3) is 0 Å². The molecule has 0 bridgehead atoms. The lowest BCUT2D eigenvalue weighted by molar-refractivity contribution is 0.0844. The Morgan fingerprint density at radius 2 is 1.97 bits per heavy atom. The molecular formula is C25H26O5. The van der Waals surface area contributed by atoms with Crippen LogP contribution in [-0.4, -0.2) is 21.6 Å². The van der Waals surface area contributed by atoms with Crippen molar-refractivity contribution < 1.29 is 24.5 Å². The van der Waals surface area contributed by atoms with E-state index in [1.807, 2.05) is 45.9 Å². The zero-order chi connectivity index (χ0) is 21.6. The van der Waals surface area contributed by atoms with Crippen molar-refractivity contribution in [2.24, 2.45) is 0 Å². The van der Waals surface area contributed by atoms with Crippen LogP contribution in [-0.2, 0) is 6.42 Å². The summed E-state index contributed by atoms with van der Waals surface area (Å²) in [7, 11) is 0. The molecule has 4 rings (SSSR count). The van der Waals surface area contributed by atoms with Crippen molar-refractivity contribution in [3.05, 3.63) is 64.2 Å². The fourth-order valence-electron chi connectivity index (χ4n) is 3.80. The molecule has 0 saturated carbocycles. The van der Waals surface area contributed by atoms with Crippen LogP contribution in [0.2, 0.25) is 0 Å². The normalized spacial score (nSPS) is 18.7. The number of aromatic hydroxyl groups is 2. The van der Waals surface area contributed by atoms with E-state index in [0.717, 1.165) is 11.1 Å². The van der Waals surface area contributed by atoms with E-state index in [0.29, 0.717) is 34.6 Å². The van der Waals surface area contributed by atoms with Crippen LogP contribution >= 0.6 is 0 Å². The van der Waals surface area contributed by atoms with Gasteiger partial charge in [-0.3, -0.25) is 4.79 Å². The minimum atomic E-state index is -0.647. The number of benzene rings is 2. The highest BCUT2D eigenvalue weighted by atomic mass is 16.5. The SMILES string of the molecule is CC(C)=CCc1c(O)ccc2c1O[C@H](c1cc3c(cc1O)OC(C)(C)C=C3)CC2=O. The van der Waals surface area contributed by atoms with Crippen LogP contribution in [0.1, 0.15) is 67.3 Å². The maximum atomic E-state index is 12.9. The molecule has 5 nitrogen and oxygen atoms in total. The first kappa shape index (κ1) is 20.1. The highest BCUT2D eigenvalue weighted by Crippen LogP contribution is 2.45. The van der Waals surface area contributed by atoms with Crippen LogP contribution in [0.15, 0.2) is 42.0 Å². The Labute approximate surface area is 176 Å². The maximum Gasteiger partial charge on any atom is 0.170 e. The third-order valence-corrected chi connectivity index (χ3v) is 5.42. The van der Waals surface area contributed by atoms with E-state index < -0.39 is 11.7 Å². The number of rotatable bonds is 3. The van der Waals surface area contributed by atoms with Crippen LogP contribution in [0, 0.1) is 0 Å². The number of Topliss-reactive ketones (excluding diaryl/α,β-unsaturated/α-hetero) is 1. The fraction of sp³-hybridized carbons (Fsp3) is 0.320. The number of ketones is 1. The van der Waals surface area contributed by atoms with Crippen LogP contribution in [0.5, 0.6) is 23.0 Å². The van der Waals surface area contributed by atoms with Gasteiger partial charge in [-0.1, -0.05) is 17.7 Å². The summed E-state index contributed by atoms with van der Waals surface area (Å²) in [4.78, 5) is 12.9. The van der Waals surface area contributed by atoms with Crippen molar-refractivity contribution in [1.82, 2.24) is 0 Å². The second-order valence-corrected chi connectivity index (χ2v) is 8.65. The third-order valence-electron chi connectivity index (χ3n) is 5.42. The molecule has 0 radical (unpaired) electrons. The van der Waals surface area contributed by atoms with Gasteiger partial charge in [0.2, 0.25) is 0 Å². The average molecular weight is 406 g/mol. The van der Waals surface area contributed by atoms with Crippen LogP contribution < -0.4 is 9.47 Å². The number of fused-ring (bicyclic) bond motifs is 2. The molecule has 0 aliphatic carbocycles. The second-order valence-electron chi connectivity index (χ2n) is 8.65. The standard InChI is InChI=1S/C25H26O5/c1-14(2)5-6-16-19(26)8-7-17-20(27)13-23(29-24(16)17)18-11-15-9-10-25(3,4)30-22(15)12-21(18)28/h5,7-12,23,26,28H,6,13H2,1-4H3/t23-/m0/s1. The van der Waals surface area contributed by atoms with Gasteiger partial charge in [0.15, 0.2) is 5.78 Å². The predicted octanol–water partition coefficient (Wildman–Crippen LogP) is 5.50. The number of carbonyl (C=O) groups is 1. The van der Waals surface area contributed by atoms with Gasteiger partial charge in [-0.15, -0.1) is 0 Å². The van der Waals surface area contributed by atoms with E-state index in [2.05, 4.69) is 0 Å². The van der Waals surface area contributed by atoms with Gasteiger partial charge >= 0.3 is 0 Å². The van der Waals surface area contributed by atoms with Gasteiger partial charge in [0, 0.05) is 22.8 Å². The monoisotopic (exact) mass is 406 g/mol. The molecule has 0 amide bonds. The van der Waals surface area contributed by atoms with E-state index in [1.54, 1.807) is 18.2 Å². The largest absolute Gasteiger partial charge is 0.508 e. The highest BCUT2D eigenvalue weighted by Gasteiger charge is 2.33. The lowest BCUT2D eigenvalue weighted by atomic mass is 9.91. The summed E-state index contributed by atoms with van der Waals surface area (Å²) in [5, 5.41) is 21.1. The summed E-state index contributed by atoms with van der Waals surface area (Å²) in [6.07, 6.45) is 5.81. The number of phenolic OH excluding ortho intramolecular Hbond substituents is 2. The molecule has 2 aromatic rings. The molecule has 2 aliphatic rings. The van der Waals surface area contributed by atoms with Crippen molar-refractivity contribution in [2.75, 3.05) is 0 Å². The summed E-state index contributed by atoms with van der Waals surface area (Å²) in [6.45, 7) is 7.84. The van der Waals surface area contributed by atoms with E-state index in [-0.39, 0.29) is 23.7 Å². The summed E-state index contributed by atoms with van der Waals surface area (Å²) in [5.74, 6) is 1.01. The molecule has 0 spiro atoms. The van der Waals surface area contributed by atoms with Crippen molar-refractivity contribution >= 4 is 11.9 Å². The van der Waals surface area contributed by atoms with Gasteiger partial charge in [0.1, 0.15) is 34.7 Å². The Hall–Kier alpha value is -3.21. The van der Waals surface area contributed by atoms with Crippen LogP contribution in [0.25, 0.3) is 6.08 Å². The van der Waals surface area contributed by atoms with Gasteiger partial charge in [0.05, 0.1) is 12.0 Å². The van der Waals surface area contributed by atoms with Gasteiger partial charge < -0.3 is 19.7 Å². The number of carbonyl (C=O) groups excluding carboxylic acids is 1. The van der Waals surface area contributed by atoms with Crippen molar-refractivity contribution in [2.45, 2.75) is 52.2 Å². The average Bonchev–Trinajstić information content (AvgIpc) is 2.65. The Kier molecular flexibility index (Phi) is 4.85. The minimum absolute atomic E-state index is 0.0205. The number of hydrogen-bond donors (Lipinski definition) is 2. The van der Waals surface area contributed by atoms with E-state index >= 15 is 0 Å². The number of hydrogen-bond acceptors (Lipinski definition) is 5. The van der Waals surface area contributed by atoms with E-state index in [9.17, 15) is 15.0 Å². The predicted molar refractivity (Wildman–Crippen MR) is 115 cm³/mol. The Morgan fingerprint density at radius 3 is 2.70 bits per heavy atom. The molecule has 30 heavy (non-hydrogen) atoms. The number of phenols is 2. The van der Waals surface area contributed by atoms with Gasteiger partial charge in [-0.05, 0) is 58.4 Å². The second kappa shape index (κ2) is 7.24. The molecule has 0 fully saturated rings. The first-order valence-electron chi connectivity index (χ1n) is 10.1. The fourth-order valence-corrected chi connectivity index (χ4v) is 3.80. The van der Waals surface area contributed by atoms with Crippen molar-refractivity contribution in [3.8, 4) is 23.0 Å². The quantitative estimate of drug-likeness (QED) is 0.659. The molecule has 2 aromatic carbocycles. The third kappa shape index (κ3) is 3.67. The molecule has 2 heterocycles.